The molecule has 0 aliphatic carbocycles. The highest BCUT2D eigenvalue weighted by Crippen LogP contribution is 2.46. The molecule has 3 aromatic rings. The van der Waals surface area contributed by atoms with E-state index < -0.39 is 17.7 Å². The van der Waals surface area contributed by atoms with Gasteiger partial charge in [0.2, 0.25) is 0 Å². The van der Waals surface area contributed by atoms with Gasteiger partial charge in [0.05, 0.1) is 28.8 Å². The lowest BCUT2D eigenvalue weighted by atomic mass is 9.94. The van der Waals surface area contributed by atoms with E-state index in [1.165, 1.54) is 24.1 Å². The van der Waals surface area contributed by atoms with Crippen LogP contribution in [0.3, 0.4) is 0 Å². The Balaban J connectivity index is 2.03. The molecular weight excluding hydrogens is 461 g/mol. The molecule has 7 heteroatoms. The number of aryl methyl sites for hydroxylation is 2. The summed E-state index contributed by atoms with van der Waals surface area (Å²) in [6.45, 7) is 3.78. The van der Waals surface area contributed by atoms with Gasteiger partial charge in [-0.3, -0.25) is 14.5 Å². The average molecular weight is 482 g/mol. The predicted octanol–water partition coefficient (Wildman–Crippen LogP) is 6.25. The molecule has 168 valence electrons. The number of aliphatic hydroxyl groups excluding tert-OH is 1. The summed E-state index contributed by atoms with van der Waals surface area (Å²) in [5.41, 5.74) is 3.13. The Morgan fingerprint density at radius 1 is 0.970 bits per heavy atom. The van der Waals surface area contributed by atoms with E-state index in [-0.39, 0.29) is 21.9 Å². The van der Waals surface area contributed by atoms with Crippen LogP contribution in [0.15, 0.2) is 66.2 Å². The van der Waals surface area contributed by atoms with E-state index >= 15 is 0 Å². The molecule has 1 unspecified atom stereocenters. The SMILES string of the molecule is COc1ccccc1C1/C(=C(\O)c2ccc(Cl)c(Cl)c2)C(=O)C(=O)N1c1cc(C)ccc1C. The third kappa shape index (κ3) is 3.99. The minimum absolute atomic E-state index is 0.0520. The molecular formula is C26H21Cl2NO4. The molecule has 1 N–H and O–H groups in total. The predicted molar refractivity (Wildman–Crippen MR) is 130 cm³/mol. The quantitative estimate of drug-likeness (QED) is 0.271. The van der Waals surface area contributed by atoms with Crippen LogP contribution in [0.4, 0.5) is 5.69 Å². The Bertz CT molecular complexity index is 1320. The lowest BCUT2D eigenvalue weighted by Gasteiger charge is -2.28. The summed E-state index contributed by atoms with van der Waals surface area (Å²) in [4.78, 5) is 28.1. The lowest BCUT2D eigenvalue weighted by Crippen LogP contribution is -2.30. The largest absolute Gasteiger partial charge is 0.507 e. The Morgan fingerprint density at radius 2 is 1.70 bits per heavy atom. The third-order valence-corrected chi connectivity index (χ3v) is 6.43. The maximum absolute atomic E-state index is 13.4. The number of nitrogens with zero attached hydrogens (tertiary/aromatic N) is 1. The van der Waals surface area contributed by atoms with E-state index in [0.717, 1.165) is 11.1 Å². The third-order valence-electron chi connectivity index (χ3n) is 5.70. The molecule has 0 spiro atoms. The number of hydrogen-bond donors (Lipinski definition) is 1. The van der Waals surface area contributed by atoms with Crippen molar-refractivity contribution in [1.29, 1.82) is 0 Å². The van der Waals surface area contributed by atoms with Gasteiger partial charge in [-0.1, -0.05) is 53.5 Å². The summed E-state index contributed by atoms with van der Waals surface area (Å²) in [7, 11) is 1.52. The van der Waals surface area contributed by atoms with E-state index in [9.17, 15) is 14.7 Å². The maximum atomic E-state index is 13.4. The normalized spacial score (nSPS) is 17.5. The molecule has 1 fully saturated rings. The second kappa shape index (κ2) is 8.93. The van der Waals surface area contributed by atoms with Gasteiger partial charge in [-0.15, -0.1) is 0 Å². The first-order chi connectivity index (χ1) is 15.7. The second-order valence-electron chi connectivity index (χ2n) is 7.83. The van der Waals surface area contributed by atoms with Crippen molar-refractivity contribution >= 4 is 46.3 Å². The Labute approximate surface area is 201 Å². The van der Waals surface area contributed by atoms with Crippen LogP contribution in [0.5, 0.6) is 5.75 Å². The van der Waals surface area contributed by atoms with E-state index in [4.69, 9.17) is 27.9 Å². The zero-order valence-electron chi connectivity index (χ0n) is 18.2. The highest BCUT2D eigenvalue weighted by molar-refractivity contribution is 6.52. The number of anilines is 1. The van der Waals surface area contributed by atoms with Gasteiger partial charge < -0.3 is 9.84 Å². The molecule has 0 radical (unpaired) electrons. The van der Waals surface area contributed by atoms with Gasteiger partial charge in [0.1, 0.15) is 11.5 Å². The number of halogens is 2. The van der Waals surface area contributed by atoms with E-state index in [2.05, 4.69) is 0 Å². The van der Waals surface area contributed by atoms with Crippen molar-refractivity contribution in [2.45, 2.75) is 19.9 Å². The molecule has 5 nitrogen and oxygen atoms in total. The lowest BCUT2D eigenvalue weighted by molar-refractivity contribution is -0.132. The van der Waals surface area contributed by atoms with Gasteiger partial charge in [-0.05, 0) is 55.3 Å². The van der Waals surface area contributed by atoms with Crippen LogP contribution in [-0.4, -0.2) is 23.9 Å². The van der Waals surface area contributed by atoms with Crippen molar-refractivity contribution < 1.29 is 19.4 Å². The number of methoxy groups -OCH3 is 1. The number of benzene rings is 3. The molecule has 0 saturated carbocycles. The highest BCUT2D eigenvalue weighted by Gasteiger charge is 2.48. The number of carbonyl (C=O) groups excluding carboxylic acids is 2. The van der Waals surface area contributed by atoms with Gasteiger partial charge in [-0.25, -0.2) is 0 Å². The number of ketones is 1. The number of carbonyl (C=O) groups is 2. The van der Waals surface area contributed by atoms with Crippen LogP contribution in [-0.2, 0) is 9.59 Å². The summed E-state index contributed by atoms with van der Waals surface area (Å²) in [6, 6.07) is 16.4. The molecule has 4 rings (SSSR count). The van der Waals surface area contributed by atoms with E-state index in [1.54, 1.807) is 30.3 Å². The summed E-state index contributed by atoms with van der Waals surface area (Å²) in [6.07, 6.45) is 0. The summed E-state index contributed by atoms with van der Waals surface area (Å²) in [5.74, 6) is -1.38. The molecule has 1 heterocycles. The van der Waals surface area contributed by atoms with Crippen LogP contribution < -0.4 is 9.64 Å². The molecule has 0 bridgehead atoms. The smallest absolute Gasteiger partial charge is 0.300 e. The average Bonchev–Trinajstić information content (AvgIpc) is 3.07. The number of aliphatic hydroxyl groups is 1. The topological polar surface area (TPSA) is 66.8 Å². The van der Waals surface area contributed by atoms with Crippen LogP contribution in [0, 0.1) is 13.8 Å². The molecule has 1 aliphatic rings. The summed E-state index contributed by atoms with van der Waals surface area (Å²) >= 11 is 12.2. The number of amides is 1. The van der Waals surface area contributed by atoms with E-state index in [1.807, 2.05) is 32.0 Å². The van der Waals surface area contributed by atoms with Gasteiger partial charge in [-0.2, -0.15) is 0 Å². The van der Waals surface area contributed by atoms with Crippen molar-refractivity contribution in [1.82, 2.24) is 0 Å². The fraction of sp³-hybridized carbons (Fsp3) is 0.154. The van der Waals surface area contributed by atoms with Gasteiger partial charge in [0, 0.05) is 16.8 Å². The first kappa shape index (κ1) is 22.9. The monoisotopic (exact) mass is 481 g/mol. The van der Waals surface area contributed by atoms with Gasteiger partial charge >= 0.3 is 0 Å². The number of rotatable bonds is 4. The Hall–Kier alpha value is -3.28. The van der Waals surface area contributed by atoms with Crippen molar-refractivity contribution in [3.05, 3.63) is 98.5 Å². The van der Waals surface area contributed by atoms with Crippen molar-refractivity contribution in [3.8, 4) is 5.75 Å². The first-order valence-corrected chi connectivity index (χ1v) is 11.0. The van der Waals surface area contributed by atoms with Crippen molar-refractivity contribution in [3.63, 3.8) is 0 Å². The molecule has 33 heavy (non-hydrogen) atoms. The minimum atomic E-state index is -0.906. The standard InChI is InChI=1S/C26H21Cl2NO4/c1-14-8-9-15(2)20(12-14)29-23(17-6-4-5-7-21(17)33-3)22(25(31)26(29)32)24(30)16-10-11-18(27)19(28)13-16/h4-13,23,30H,1-3H3/b24-22+. The molecule has 1 amide bonds. The van der Waals surface area contributed by atoms with Crippen molar-refractivity contribution in [2.24, 2.45) is 0 Å². The Morgan fingerprint density at radius 3 is 2.39 bits per heavy atom. The zero-order chi connectivity index (χ0) is 23.9. The fourth-order valence-corrected chi connectivity index (χ4v) is 4.34. The molecule has 0 aromatic heterocycles. The Kier molecular flexibility index (Phi) is 6.19. The van der Waals surface area contributed by atoms with Crippen LogP contribution >= 0.6 is 23.2 Å². The number of Topliss-reactive ketones (excluding diaryl/α,β-unsaturated/α-hetero) is 1. The zero-order valence-corrected chi connectivity index (χ0v) is 19.7. The summed E-state index contributed by atoms with van der Waals surface area (Å²) in [5, 5.41) is 11.8. The molecule has 1 aliphatic heterocycles. The van der Waals surface area contributed by atoms with Crippen LogP contribution in [0.2, 0.25) is 10.0 Å². The van der Waals surface area contributed by atoms with Crippen LogP contribution in [0.25, 0.3) is 5.76 Å². The van der Waals surface area contributed by atoms with Crippen molar-refractivity contribution in [2.75, 3.05) is 12.0 Å². The number of para-hydroxylation sites is 1. The van der Waals surface area contributed by atoms with E-state index in [0.29, 0.717) is 22.0 Å². The molecule has 3 aromatic carbocycles. The number of ether oxygens (including phenoxy) is 1. The molecule has 1 saturated heterocycles. The van der Waals surface area contributed by atoms with Gasteiger partial charge in [0.15, 0.2) is 0 Å². The summed E-state index contributed by atoms with van der Waals surface area (Å²) < 4.78 is 5.54. The first-order valence-electron chi connectivity index (χ1n) is 10.2. The highest BCUT2D eigenvalue weighted by atomic mass is 35.5. The maximum Gasteiger partial charge on any atom is 0.300 e. The second-order valence-corrected chi connectivity index (χ2v) is 8.64. The minimum Gasteiger partial charge on any atom is -0.507 e. The fourth-order valence-electron chi connectivity index (χ4n) is 4.05. The van der Waals surface area contributed by atoms with Gasteiger partial charge in [0.25, 0.3) is 11.7 Å². The number of hydrogen-bond acceptors (Lipinski definition) is 4. The molecule has 1 atom stereocenters. The van der Waals surface area contributed by atoms with Crippen LogP contribution in [0.1, 0.15) is 28.3 Å².